The van der Waals surface area contributed by atoms with E-state index in [1.165, 1.54) is 6.92 Å². The van der Waals surface area contributed by atoms with Crippen LogP contribution in [0.2, 0.25) is 0 Å². The van der Waals surface area contributed by atoms with Crippen LogP contribution in [0.25, 0.3) is 0 Å². The Balaban J connectivity index is 4.72. The van der Waals surface area contributed by atoms with Crippen molar-refractivity contribution >= 4 is 11.9 Å². The van der Waals surface area contributed by atoms with E-state index in [0.29, 0.717) is 6.54 Å². The summed E-state index contributed by atoms with van der Waals surface area (Å²) in [7, 11) is 0. The average Bonchev–Trinajstić information content (AvgIpc) is 2.26. The number of hydrogen-bond acceptors (Lipinski definition) is 3. The molecule has 2 atom stereocenters. The molecule has 0 radical (unpaired) electrons. The second kappa shape index (κ2) is 6.89. The van der Waals surface area contributed by atoms with Crippen LogP contribution >= 0.6 is 0 Å². The molecule has 0 aliphatic carbocycles. The van der Waals surface area contributed by atoms with Gasteiger partial charge < -0.3 is 10.0 Å². The van der Waals surface area contributed by atoms with E-state index in [9.17, 15) is 9.59 Å². The Morgan fingerprint density at radius 1 is 1.24 bits per heavy atom. The molecule has 0 aliphatic heterocycles. The van der Waals surface area contributed by atoms with Gasteiger partial charge in [0.1, 0.15) is 0 Å². The molecule has 0 aromatic carbocycles. The molecule has 0 bridgehead atoms. The molecule has 0 saturated heterocycles. The van der Waals surface area contributed by atoms with Gasteiger partial charge in [-0.1, -0.05) is 13.8 Å². The first kappa shape index (κ1) is 15.4. The maximum atomic E-state index is 12.1. The van der Waals surface area contributed by atoms with Gasteiger partial charge in [0.15, 0.2) is 0 Å². The Kier molecular flexibility index (Phi) is 6.26. The largest absolute Gasteiger partial charge is 0.481 e. The van der Waals surface area contributed by atoms with Gasteiger partial charge in [-0.15, -0.1) is 0 Å². The molecule has 0 spiro atoms. The topological polar surface area (TPSA) is 81.4 Å². The standard InChI is InChI=1S/C12H20N2O3/c1-8(2)14(7-5-6-13)11(15)9(3)10(4)12(16)17/h8-10H,5,7H2,1-4H3,(H,16,17). The number of carbonyl (C=O) groups is 2. The number of rotatable bonds is 6. The lowest BCUT2D eigenvalue weighted by Crippen LogP contribution is -2.43. The van der Waals surface area contributed by atoms with Crippen LogP contribution in [0.15, 0.2) is 0 Å². The van der Waals surface area contributed by atoms with Crippen LogP contribution in [0.3, 0.4) is 0 Å². The lowest BCUT2D eigenvalue weighted by molar-refractivity contribution is -0.149. The maximum absolute atomic E-state index is 12.1. The van der Waals surface area contributed by atoms with Crippen molar-refractivity contribution in [2.24, 2.45) is 11.8 Å². The fourth-order valence-electron chi connectivity index (χ4n) is 1.48. The highest BCUT2D eigenvalue weighted by Crippen LogP contribution is 2.16. The summed E-state index contributed by atoms with van der Waals surface area (Å²) in [6.07, 6.45) is 0.262. The molecule has 0 saturated carbocycles. The molecular formula is C12H20N2O3. The number of carboxylic acid groups (broad SMARTS) is 1. The molecule has 0 rings (SSSR count). The number of nitriles is 1. The molecule has 0 aromatic rings. The number of aliphatic carboxylic acids is 1. The van der Waals surface area contributed by atoms with Crippen molar-refractivity contribution in [3.63, 3.8) is 0 Å². The van der Waals surface area contributed by atoms with Crippen molar-refractivity contribution in [1.29, 1.82) is 5.26 Å². The molecule has 0 heterocycles. The highest BCUT2D eigenvalue weighted by atomic mass is 16.4. The second-order valence-electron chi connectivity index (χ2n) is 4.45. The third-order valence-electron chi connectivity index (χ3n) is 2.90. The summed E-state index contributed by atoms with van der Waals surface area (Å²) in [5, 5.41) is 17.4. The summed E-state index contributed by atoms with van der Waals surface area (Å²) in [4.78, 5) is 24.5. The summed E-state index contributed by atoms with van der Waals surface area (Å²) in [6.45, 7) is 7.20. The Labute approximate surface area is 102 Å². The first-order valence-electron chi connectivity index (χ1n) is 5.73. The molecule has 96 valence electrons. The number of carboxylic acids is 1. The van der Waals surface area contributed by atoms with E-state index in [1.807, 2.05) is 19.9 Å². The van der Waals surface area contributed by atoms with Crippen molar-refractivity contribution in [2.45, 2.75) is 40.2 Å². The van der Waals surface area contributed by atoms with Crippen LogP contribution in [0.1, 0.15) is 34.1 Å². The monoisotopic (exact) mass is 240 g/mol. The first-order chi connectivity index (χ1) is 7.82. The number of nitrogens with zero attached hydrogens (tertiary/aromatic N) is 2. The van der Waals surface area contributed by atoms with Gasteiger partial charge in [0.2, 0.25) is 5.91 Å². The maximum Gasteiger partial charge on any atom is 0.307 e. The minimum Gasteiger partial charge on any atom is -0.481 e. The zero-order valence-electron chi connectivity index (χ0n) is 10.8. The van der Waals surface area contributed by atoms with E-state index in [2.05, 4.69) is 0 Å². The molecule has 1 N–H and O–H groups in total. The van der Waals surface area contributed by atoms with Crippen molar-refractivity contribution in [1.82, 2.24) is 4.90 Å². The summed E-state index contributed by atoms with van der Waals surface area (Å²) in [5.41, 5.74) is 0. The van der Waals surface area contributed by atoms with Gasteiger partial charge in [0.05, 0.1) is 18.4 Å². The average molecular weight is 240 g/mol. The van der Waals surface area contributed by atoms with E-state index in [4.69, 9.17) is 10.4 Å². The van der Waals surface area contributed by atoms with Crippen LogP contribution in [0.5, 0.6) is 0 Å². The zero-order valence-corrected chi connectivity index (χ0v) is 10.8. The fourth-order valence-corrected chi connectivity index (χ4v) is 1.48. The molecule has 0 fully saturated rings. The highest BCUT2D eigenvalue weighted by molar-refractivity contribution is 5.84. The molecule has 5 nitrogen and oxygen atoms in total. The molecule has 1 amide bonds. The predicted molar refractivity (Wildman–Crippen MR) is 63.0 cm³/mol. The van der Waals surface area contributed by atoms with Crippen molar-refractivity contribution in [2.75, 3.05) is 6.54 Å². The van der Waals surface area contributed by atoms with E-state index < -0.39 is 17.8 Å². The zero-order chi connectivity index (χ0) is 13.6. The molecule has 0 aliphatic rings. The van der Waals surface area contributed by atoms with Crippen LogP contribution in [-0.4, -0.2) is 34.5 Å². The molecule has 17 heavy (non-hydrogen) atoms. The predicted octanol–water partition coefficient (Wildman–Crippen LogP) is 1.49. The SMILES string of the molecule is CC(C(=O)O)C(C)C(=O)N(CCC#N)C(C)C. The molecule has 2 unspecified atom stereocenters. The Morgan fingerprint density at radius 3 is 2.12 bits per heavy atom. The minimum absolute atomic E-state index is 0.0284. The lowest BCUT2D eigenvalue weighted by Gasteiger charge is -2.30. The van der Waals surface area contributed by atoms with Gasteiger partial charge >= 0.3 is 5.97 Å². The Hall–Kier alpha value is -1.57. The molecule has 0 aromatic heterocycles. The normalized spacial score (nSPS) is 13.9. The highest BCUT2D eigenvalue weighted by Gasteiger charge is 2.30. The van der Waals surface area contributed by atoms with Gasteiger partial charge in [-0.05, 0) is 13.8 Å². The van der Waals surface area contributed by atoms with E-state index in [1.54, 1.807) is 11.8 Å². The Bertz CT molecular complexity index is 320. The van der Waals surface area contributed by atoms with Gasteiger partial charge in [0.25, 0.3) is 0 Å². The summed E-state index contributed by atoms with van der Waals surface area (Å²) in [5.74, 6) is -2.47. The minimum atomic E-state index is -0.977. The van der Waals surface area contributed by atoms with E-state index >= 15 is 0 Å². The van der Waals surface area contributed by atoms with Gasteiger partial charge in [0, 0.05) is 18.5 Å². The number of hydrogen-bond donors (Lipinski definition) is 1. The quantitative estimate of drug-likeness (QED) is 0.762. The van der Waals surface area contributed by atoms with E-state index in [0.717, 1.165) is 0 Å². The smallest absolute Gasteiger partial charge is 0.307 e. The lowest BCUT2D eigenvalue weighted by atomic mass is 9.94. The number of carbonyl (C=O) groups excluding carboxylic acids is 1. The summed E-state index contributed by atoms with van der Waals surface area (Å²) >= 11 is 0. The summed E-state index contributed by atoms with van der Waals surface area (Å²) in [6, 6.07) is 1.96. The van der Waals surface area contributed by atoms with Crippen LogP contribution in [0, 0.1) is 23.2 Å². The summed E-state index contributed by atoms with van der Waals surface area (Å²) < 4.78 is 0. The van der Waals surface area contributed by atoms with Crippen LogP contribution in [0.4, 0.5) is 0 Å². The van der Waals surface area contributed by atoms with Crippen LogP contribution in [-0.2, 0) is 9.59 Å². The Morgan fingerprint density at radius 2 is 1.76 bits per heavy atom. The van der Waals surface area contributed by atoms with Gasteiger partial charge in [-0.2, -0.15) is 5.26 Å². The molecular weight excluding hydrogens is 220 g/mol. The van der Waals surface area contributed by atoms with Gasteiger partial charge in [-0.25, -0.2) is 0 Å². The number of amides is 1. The first-order valence-corrected chi connectivity index (χ1v) is 5.73. The van der Waals surface area contributed by atoms with Crippen LogP contribution < -0.4 is 0 Å². The third kappa shape index (κ3) is 4.43. The van der Waals surface area contributed by atoms with Crippen molar-refractivity contribution in [3.05, 3.63) is 0 Å². The van der Waals surface area contributed by atoms with Gasteiger partial charge in [-0.3, -0.25) is 9.59 Å². The van der Waals surface area contributed by atoms with Crippen molar-refractivity contribution < 1.29 is 14.7 Å². The van der Waals surface area contributed by atoms with E-state index in [-0.39, 0.29) is 18.4 Å². The van der Waals surface area contributed by atoms with Crippen molar-refractivity contribution in [3.8, 4) is 6.07 Å². The fraction of sp³-hybridized carbons (Fsp3) is 0.750. The third-order valence-corrected chi connectivity index (χ3v) is 2.90. The second-order valence-corrected chi connectivity index (χ2v) is 4.45. The molecule has 5 heteroatoms.